The van der Waals surface area contributed by atoms with Gasteiger partial charge in [-0.2, -0.15) is 0 Å². The van der Waals surface area contributed by atoms with Crippen LogP contribution < -0.4 is 11.1 Å². The van der Waals surface area contributed by atoms with E-state index < -0.39 is 0 Å². The molecule has 2 aliphatic rings. The maximum Gasteiger partial charge on any atom is 0.251 e. The largest absolute Gasteiger partial charge is 0.381 e. The normalized spacial score (nSPS) is 20.4. The van der Waals surface area contributed by atoms with Crippen LogP contribution in [0.2, 0.25) is 0 Å². The van der Waals surface area contributed by atoms with Gasteiger partial charge in [-0.15, -0.1) is 0 Å². The number of nitrogens with one attached hydrogen (secondary N) is 1. The molecule has 20 heavy (non-hydrogen) atoms. The molecule has 0 bridgehead atoms. The van der Waals surface area contributed by atoms with E-state index in [0.29, 0.717) is 38.5 Å². The van der Waals surface area contributed by atoms with E-state index in [2.05, 4.69) is 5.32 Å². The summed E-state index contributed by atoms with van der Waals surface area (Å²) in [6.07, 6.45) is 1.53. The van der Waals surface area contributed by atoms with Crippen molar-refractivity contribution in [3.8, 4) is 0 Å². The van der Waals surface area contributed by atoms with Gasteiger partial charge in [-0.3, -0.25) is 4.79 Å². The number of rotatable bonds is 3. The molecule has 0 atom stereocenters. The van der Waals surface area contributed by atoms with Crippen LogP contribution in [0.3, 0.4) is 0 Å². The number of ether oxygens (including phenoxy) is 2. The molecule has 1 aromatic rings. The third-order valence-electron chi connectivity index (χ3n) is 4.20. The zero-order valence-electron chi connectivity index (χ0n) is 11.5. The van der Waals surface area contributed by atoms with Gasteiger partial charge >= 0.3 is 0 Å². The lowest BCUT2D eigenvalue weighted by atomic mass is 9.89. The Labute approximate surface area is 118 Å². The molecule has 0 aromatic heterocycles. The smallest absolute Gasteiger partial charge is 0.251 e. The molecule has 0 spiro atoms. The van der Waals surface area contributed by atoms with Gasteiger partial charge in [0, 0.05) is 25.3 Å². The third-order valence-corrected chi connectivity index (χ3v) is 4.20. The van der Waals surface area contributed by atoms with Crippen LogP contribution >= 0.6 is 0 Å². The molecule has 1 aromatic carbocycles. The Morgan fingerprint density at radius 3 is 2.70 bits per heavy atom. The number of hydrogen-bond acceptors (Lipinski definition) is 4. The van der Waals surface area contributed by atoms with E-state index in [-0.39, 0.29) is 11.4 Å². The summed E-state index contributed by atoms with van der Waals surface area (Å²) >= 11 is 0. The molecule has 5 nitrogen and oxygen atoms in total. The van der Waals surface area contributed by atoms with Crippen LogP contribution in [0, 0.1) is 0 Å². The fourth-order valence-electron chi connectivity index (χ4n) is 2.77. The van der Waals surface area contributed by atoms with Gasteiger partial charge in [0.05, 0.1) is 18.8 Å². The maximum absolute atomic E-state index is 12.4. The number of amides is 1. The van der Waals surface area contributed by atoms with Crippen molar-refractivity contribution in [3.05, 3.63) is 34.9 Å². The number of benzene rings is 1. The maximum atomic E-state index is 12.4. The van der Waals surface area contributed by atoms with Crippen LogP contribution in [0.25, 0.3) is 0 Å². The molecule has 0 unspecified atom stereocenters. The van der Waals surface area contributed by atoms with Crippen molar-refractivity contribution >= 4 is 5.91 Å². The second kappa shape index (κ2) is 5.52. The fraction of sp³-hybridized carbons (Fsp3) is 0.533. The van der Waals surface area contributed by atoms with E-state index in [9.17, 15) is 4.79 Å². The molecule has 2 aliphatic heterocycles. The molecule has 1 saturated heterocycles. The number of carbonyl (C=O) groups excluding carboxylic acids is 1. The SMILES string of the molecule is NCC1(NC(=O)c2ccc3c(c2)COC3)CCOCC1. The Morgan fingerprint density at radius 1 is 1.20 bits per heavy atom. The Bertz CT molecular complexity index is 510. The van der Waals surface area contributed by atoms with E-state index in [1.54, 1.807) is 0 Å². The van der Waals surface area contributed by atoms with Gasteiger partial charge in [-0.1, -0.05) is 6.07 Å². The van der Waals surface area contributed by atoms with Crippen LogP contribution in [0.5, 0.6) is 0 Å². The minimum absolute atomic E-state index is 0.0629. The topological polar surface area (TPSA) is 73.6 Å². The molecule has 3 N–H and O–H groups in total. The number of hydrogen-bond donors (Lipinski definition) is 2. The fourth-order valence-corrected chi connectivity index (χ4v) is 2.77. The average molecular weight is 276 g/mol. The molecule has 0 aliphatic carbocycles. The first-order valence-electron chi connectivity index (χ1n) is 7.02. The van der Waals surface area contributed by atoms with Crippen molar-refractivity contribution in [3.63, 3.8) is 0 Å². The highest BCUT2D eigenvalue weighted by atomic mass is 16.5. The van der Waals surface area contributed by atoms with Gasteiger partial charge in [-0.05, 0) is 36.1 Å². The summed E-state index contributed by atoms with van der Waals surface area (Å²) in [6, 6.07) is 5.74. The second-order valence-corrected chi connectivity index (χ2v) is 5.53. The Hall–Kier alpha value is -1.43. The number of carbonyl (C=O) groups is 1. The van der Waals surface area contributed by atoms with Crippen molar-refractivity contribution in [1.82, 2.24) is 5.32 Å². The van der Waals surface area contributed by atoms with E-state index in [4.69, 9.17) is 15.2 Å². The van der Waals surface area contributed by atoms with Gasteiger partial charge in [0.25, 0.3) is 5.91 Å². The monoisotopic (exact) mass is 276 g/mol. The molecule has 1 amide bonds. The third kappa shape index (κ3) is 2.57. The summed E-state index contributed by atoms with van der Waals surface area (Å²) in [5.41, 5.74) is 8.48. The van der Waals surface area contributed by atoms with E-state index in [1.165, 1.54) is 5.56 Å². The standard InChI is InChI=1S/C15H20N2O3/c16-10-15(3-5-19-6-4-15)17-14(18)11-1-2-12-8-20-9-13(12)7-11/h1-2,7H,3-6,8-10,16H2,(H,17,18). The van der Waals surface area contributed by atoms with E-state index >= 15 is 0 Å². The lowest BCUT2D eigenvalue weighted by molar-refractivity contribution is 0.0388. The van der Waals surface area contributed by atoms with Crippen LogP contribution in [0.15, 0.2) is 18.2 Å². The average Bonchev–Trinajstić information content (AvgIpc) is 2.95. The Kier molecular flexibility index (Phi) is 3.74. The first-order valence-corrected chi connectivity index (χ1v) is 7.02. The Balaban J connectivity index is 1.75. The molecule has 108 valence electrons. The Morgan fingerprint density at radius 2 is 1.95 bits per heavy atom. The zero-order valence-corrected chi connectivity index (χ0v) is 11.5. The minimum Gasteiger partial charge on any atom is -0.381 e. The predicted molar refractivity (Wildman–Crippen MR) is 74.2 cm³/mol. The van der Waals surface area contributed by atoms with E-state index in [1.807, 2.05) is 18.2 Å². The first-order chi connectivity index (χ1) is 9.72. The first kappa shape index (κ1) is 13.5. The summed E-state index contributed by atoms with van der Waals surface area (Å²) in [4.78, 5) is 12.4. The van der Waals surface area contributed by atoms with Crippen molar-refractivity contribution < 1.29 is 14.3 Å². The van der Waals surface area contributed by atoms with Crippen molar-refractivity contribution in [2.75, 3.05) is 19.8 Å². The van der Waals surface area contributed by atoms with Gasteiger partial charge in [0.15, 0.2) is 0 Å². The summed E-state index contributed by atoms with van der Waals surface area (Å²) < 4.78 is 10.7. The zero-order chi connectivity index (χ0) is 14.0. The number of nitrogens with two attached hydrogens (primary N) is 1. The molecular weight excluding hydrogens is 256 g/mol. The van der Waals surface area contributed by atoms with Gasteiger partial charge in [-0.25, -0.2) is 0 Å². The summed E-state index contributed by atoms with van der Waals surface area (Å²) in [6.45, 7) is 2.97. The van der Waals surface area contributed by atoms with Gasteiger partial charge in [0.1, 0.15) is 0 Å². The highest BCUT2D eigenvalue weighted by Crippen LogP contribution is 2.23. The molecule has 1 fully saturated rings. The molecular formula is C15H20N2O3. The van der Waals surface area contributed by atoms with Crippen LogP contribution in [0.4, 0.5) is 0 Å². The number of fused-ring (bicyclic) bond motifs is 1. The minimum atomic E-state index is -0.329. The van der Waals surface area contributed by atoms with Crippen molar-refractivity contribution in [1.29, 1.82) is 0 Å². The van der Waals surface area contributed by atoms with Crippen LogP contribution in [-0.2, 0) is 22.7 Å². The van der Waals surface area contributed by atoms with Crippen LogP contribution in [0.1, 0.15) is 34.3 Å². The molecule has 0 saturated carbocycles. The van der Waals surface area contributed by atoms with Crippen molar-refractivity contribution in [2.45, 2.75) is 31.6 Å². The highest BCUT2D eigenvalue weighted by molar-refractivity contribution is 5.95. The highest BCUT2D eigenvalue weighted by Gasteiger charge is 2.33. The second-order valence-electron chi connectivity index (χ2n) is 5.53. The lowest BCUT2D eigenvalue weighted by Crippen LogP contribution is -2.56. The van der Waals surface area contributed by atoms with Gasteiger partial charge < -0.3 is 20.5 Å². The summed E-state index contributed by atoms with van der Waals surface area (Å²) in [5.74, 6) is -0.0629. The summed E-state index contributed by atoms with van der Waals surface area (Å²) in [7, 11) is 0. The van der Waals surface area contributed by atoms with E-state index in [0.717, 1.165) is 18.4 Å². The van der Waals surface area contributed by atoms with Crippen molar-refractivity contribution in [2.24, 2.45) is 5.73 Å². The summed E-state index contributed by atoms with van der Waals surface area (Å²) in [5, 5.41) is 3.10. The molecule has 0 radical (unpaired) electrons. The molecule has 5 heteroatoms. The quantitative estimate of drug-likeness (QED) is 0.862. The van der Waals surface area contributed by atoms with Crippen LogP contribution in [-0.4, -0.2) is 31.2 Å². The lowest BCUT2D eigenvalue weighted by Gasteiger charge is -2.37. The molecule has 3 rings (SSSR count). The predicted octanol–water partition coefficient (Wildman–Crippen LogP) is 0.954. The van der Waals surface area contributed by atoms with Gasteiger partial charge in [0.2, 0.25) is 0 Å². The molecule has 2 heterocycles.